The maximum Gasteiger partial charge on any atom is 0.259 e. The summed E-state index contributed by atoms with van der Waals surface area (Å²) in [7, 11) is 0. The number of halogens is 3. The molecule has 0 aliphatic carbocycles. The summed E-state index contributed by atoms with van der Waals surface area (Å²) in [5.41, 5.74) is -0.0840. The second-order valence-corrected chi connectivity index (χ2v) is 4.28. The molecular weight excluding hydrogens is 274 g/mol. The lowest BCUT2D eigenvalue weighted by Gasteiger charge is -2.07. The van der Waals surface area contributed by atoms with E-state index in [2.05, 4.69) is 10.3 Å². The Morgan fingerprint density at radius 1 is 1.32 bits per heavy atom. The summed E-state index contributed by atoms with van der Waals surface area (Å²) in [4.78, 5) is 15.7. The molecule has 0 aliphatic heterocycles. The van der Waals surface area contributed by atoms with Gasteiger partial charge >= 0.3 is 0 Å². The first kappa shape index (κ1) is 13.4. The number of pyridine rings is 1. The van der Waals surface area contributed by atoms with Gasteiger partial charge in [0.25, 0.3) is 5.91 Å². The number of aromatic nitrogens is 1. The van der Waals surface area contributed by atoms with E-state index in [4.69, 9.17) is 11.6 Å². The molecule has 0 spiro atoms. The molecule has 0 bridgehead atoms. The minimum Gasteiger partial charge on any atom is -0.305 e. The highest BCUT2D eigenvalue weighted by Gasteiger charge is 2.16. The van der Waals surface area contributed by atoms with Crippen LogP contribution in [-0.2, 0) is 0 Å². The molecule has 0 unspecified atom stereocenters. The van der Waals surface area contributed by atoms with Gasteiger partial charge < -0.3 is 5.32 Å². The van der Waals surface area contributed by atoms with Gasteiger partial charge in [-0.1, -0.05) is 11.6 Å². The molecule has 1 heterocycles. The molecule has 98 valence electrons. The fourth-order valence-corrected chi connectivity index (χ4v) is 1.65. The number of aryl methyl sites for hydroxylation is 1. The Kier molecular flexibility index (Phi) is 3.76. The molecule has 1 aromatic carbocycles. The predicted molar refractivity (Wildman–Crippen MR) is 68.3 cm³/mol. The van der Waals surface area contributed by atoms with Gasteiger partial charge in [0.05, 0.1) is 10.6 Å². The summed E-state index contributed by atoms with van der Waals surface area (Å²) < 4.78 is 26.6. The Labute approximate surface area is 113 Å². The van der Waals surface area contributed by atoms with Gasteiger partial charge in [-0.25, -0.2) is 13.8 Å². The summed E-state index contributed by atoms with van der Waals surface area (Å²) in [6.07, 6.45) is 1.44. The van der Waals surface area contributed by atoms with Crippen LogP contribution in [0, 0.1) is 18.6 Å². The molecule has 1 N–H and O–H groups in total. The zero-order chi connectivity index (χ0) is 14.0. The van der Waals surface area contributed by atoms with Gasteiger partial charge in [-0.2, -0.15) is 0 Å². The van der Waals surface area contributed by atoms with E-state index < -0.39 is 17.5 Å². The number of rotatable bonds is 2. The molecule has 2 rings (SSSR count). The van der Waals surface area contributed by atoms with Gasteiger partial charge in [0, 0.05) is 12.3 Å². The van der Waals surface area contributed by atoms with Crippen LogP contribution in [0.15, 0.2) is 30.5 Å². The van der Waals surface area contributed by atoms with E-state index in [9.17, 15) is 13.6 Å². The third kappa shape index (κ3) is 2.88. The van der Waals surface area contributed by atoms with Crippen molar-refractivity contribution in [3.8, 4) is 0 Å². The maximum atomic E-state index is 13.5. The van der Waals surface area contributed by atoms with Crippen LogP contribution in [0.4, 0.5) is 14.6 Å². The average molecular weight is 283 g/mol. The standard InChI is InChI=1S/C13H9ClF2N2O/c1-7-5-8(11(16)6-10(7)15)13(19)18-12-9(14)3-2-4-17-12/h2-6H,1H3,(H,17,18,19). The van der Waals surface area contributed by atoms with Crippen LogP contribution in [0.25, 0.3) is 0 Å². The molecule has 1 aromatic heterocycles. The lowest BCUT2D eigenvalue weighted by atomic mass is 10.1. The smallest absolute Gasteiger partial charge is 0.259 e. The van der Waals surface area contributed by atoms with Crippen molar-refractivity contribution in [1.82, 2.24) is 4.98 Å². The maximum absolute atomic E-state index is 13.5. The monoisotopic (exact) mass is 282 g/mol. The lowest BCUT2D eigenvalue weighted by molar-refractivity contribution is 0.102. The number of anilines is 1. The van der Waals surface area contributed by atoms with Crippen LogP contribution in [0.5, 0.6) is 0 Å². The summed E-state index contributed by atoms with van der Waals surface area (Å²) in [6, 6.07) is 4.94. The largest absolute Gasteiger partial charge is 0.305 e. The van der Waals surface area contributed by atoms with Gasteiger partial charge in [0.1, 0.15) is 11.6 Å². The van der Waals surface area contributed by atoms with Crippen LogP contribution in [-0.4, -0.2) is 10.9 Å². The van der Waals surface area contributed by atoms with E-state index in [1.165, 1.54) is 19.2 Å². The normalized spacial score (nSPS) is 10.3. The molecule has 3 nitrogen and oxygen atoms in total. The van der Waals surface area contributed by atoms with Gasteiger partial charge in [0.15, 0.2) is 5.82 Å². The first-order valence-corrected chi connectivity index (χ1v) is 5.74. The molecule has 0 aliphatic rings. The number of carbonyl (C=O) groups excluding carboxylic acids is 1. The highest BCUT2D eigenvalue weighted by atomic mass is 35.5. The van der Waals surface area contributed by atoms with Gasteiger partial charge in [-0.15, -0.1) is 0 Å². The first-order chi connectivity index (χ1) is 8.99. The third-order valence-electron chi connectivity index (χ3n) is 2.48. The molecule has 0 atom stereocenters. The van der Waals surface area contributed by atoms with E-state index in [-0.39, 0.29) is 22.0 Å². The van der Waals surface area contributed by atoms with Crippen molar-refractivity contribution >= 4 is 23.3 Å². The van der Waals surface area contributed by atoms with Crippen LogP contribution in [0.2, 0.25) is 5.02 Å². The SMILES string of the molecule is Cc1cc(C(=O)Nc2ncccc2Cl)c(F)cc1F. The van der Waals surface area contributed by atoms with Crippen molar-refractivity contribution in [3.05, 3.63) is 58.2 Å². The number of amides is 1. The minimum atomic E-state index is -0.937. The van der Waals surface area contributed by atoms with Crippen LogP contribution in [0.3, 0.4) is 0 Å². The minimum absolute atomic E-state index is 0.121. The Morgan fingerprint density at radius 2 is 2.05 bits per heavy atom. The van der Waals surface area contributed by atoms with E-state index in [1.807, 2.05) is 0 Å². The number of hydrogen-bond acceptors (Lipinski definition) is 2. The summed E-state index contributed by atoms with van der Waals surface area (Å²) in [5.74, 6) is -2.26. The van der Waals surface area contributed by atoms with Gasteiger partial charge in [0.2, 0.25) is 0 Å². The predicted octanol–water partition coefficient (Wildman–Crippen LogP) is 3.57. The zero-order valence-corrected chi connectivity index (χ0v) is 10.6. The van der Waals surface area contributed by atoms with Crippen molar-refractivity contribution in [2.75, 3.05) is 5.32 Å². The lowest BCUT2D eigenvalue weighted by Crippen LogP contribution is -2.15. The van der Waals surface area contributed by atoms with Gasteiger partial charge in [-0.3, -0.25) is 4.79 Å². The fourth-order valence-electron chi connectivity index (χ4n) is 1.48. The summed E-state index contributed by atoms with van der Waals surface area (Å²) in [5, 5.41) is 2.60. The van der Waals surface area contributed by atoms with Crippen LogP contribution < -0.4 is 5.32 Å². The van der Waals surface area contributed by atoms with Crippen LogP contribution >= 0.6 is 11.6 Å². The van der Waals surface area contributed by atoms with E-state index in [0.29, 0.717) is 6.07 Å². The topological polar surface area (TPSA) is 42.0 Å². The van der Waals surface area contributed by atoms with Crippen molar-refractivity contribution in [2.45, 2.75) is 6.92 Å². The molecule has 2 aromatic rings. The van der Waals surface area contributed by atoms with Crippen molar-refractivity contribution in [2.24, 2.45) is 0 Å². The number of hydrogen-bond donors (Lipinski definition) is 1. The average Bonchev–Trinajstić information content (AvgIpc) is 2.36. The zero-order valence-electron chi connectivity index (χ0n) is 9.88. The highest BCUT2D eigenvalue weighted by Crippen LogP contribution is 2.20. The Bertz CT molecular complexity index is 647. The fraction of sp³-hybridized carbons (Fsp3) is 0.0769. The summed E-state index contributed by atoms with van der Waals surface area (Å²) in [6.45, 7) is 1.44. The highest BCUT2D eigenvalue weighted by molar-refractivity contribution is 6.33. The van der Waals surface area contributed by atoms with Crippen molar-refractivity contribution in [1.29, 1.82) is 0 Å². The molecule has 0 saturated carbocycles. The number of nitrogens with one attached hydrogen (secondary N) is 1. The quantitative estimate of drug-likeness (QED) is 0.915. The van der Waals surface area contributed by atoms with Crippen molar-refractivity contribution in [3.63, 3.8) is 0 Å². The van der Waals surface area contributed by atoms with E-state index in [1.54, 1.807) is 6.07 Å². The molecule has 19 heavy (non-hydrogen) atoms. The number of carbonyl (C=O) groups is 1. The second kappa shape index (κ2) is 5.32. The van der Waals surface area contributed by atoms with Gasteiger partial charge in [-0.05, 0) is 30.7 Å². The Hall–Kier alpha value is -2.01. The van der Waals surface area contributed by atoms with Crippen LogP contribution in [0.1, 0.15) is 15.9 Å². The second-order valence-electron chi connectivity index (χ2n) is 3.87. The Morgan fingerprint density at radius 3 is 2.74 bits per heavy atom. The molecule has 1 amide bonds. The molecule has 0 fully saturated rings. The molecule has 6 heteroatoms. The third-order valence-corrected chi connectivity index (χ3v) is 2.79. The summed E-state index contributed by atoms with van der Waals surface area (Å²) >= 11 is 5.82. The van der Waals surface area contributed by atoms with Crippen molar-refractivity contribution < 1.29 is 13.6 Å². The van der Waals surface area contributed by atoms with E-state index >= 15 is 0 Å². The molecular formula is C13H9ClF2N2O. The first-order valence-electron chi connectivity index (χ1n) is 5.36. The molecule has 0 radical (unpaired) electrons. The van der Waals surface area contributed by atoms with E-state index in [0.717, 1.165) is 6.07 Å². The molecule has 0 saturated heterocycles. The Balaban J connectivity index is 2.31. The number of nitrogens with zero attached hydrogens (tertiary/aromatic N) is 1. The number of benzene rings is 1.